The Morgan fingerprint density at radius 2 is 1.75 bits per heavy atom. The number of rotatable bonds is 7. The Morgan fingerprint density at radius 1 is 1.03 bits per heavy atom. The molecule has 0 atom stereocenters. The van der Waals surface area contributed by atoms with E-state index in [1.54, 1.807) is 41.0 Å². The van der Waals surface area contributed by atoms with Crippen LogP contribution in [0, 0.1) is 0 Å². The van der Waals surface area contributed by atoms with Gasteiger partial charge in [0, 0.05) is 31.4 Å². The molecular formula is C21H19Cl2N5O4. The molecule has 3 heterocycles. The van der Waals surface area contributed by atoms with Crippen molar-refractivity contribution in [3.05, 3.63) is 79.2 Å². The molecule has 0 saturated heterocycles. The summed E-state index contributed by atoms with van der Waals surface area (Å²) in [6.45, 7) is 0.0895. The van der Waals surface area contributed by atoms with Gasteiger partial charge in [0.2, 0.25) is 0 Å². The van der Waals surface area contributed by atoms with Gasteiger partial charge < -0.3 is 9.84 Å². The summed E-state index contributed by atoms with van der Waals surface area (Å²) < 4.78 is 9.89. The first-order chi connectivity index (χ1) is 15.4. The van der Waals surface area contributed by atoms with Gasteiger partial charge in [-0.25, -0.2) is 4.79 Å². The summed E-state index contributed by atoms with van der Waals surface area (Å²) in [5, 5.41) is 10.2. The second kappa shape index (κ2) is 9.15. The van der Waals surface area contributed by atoms with Gasteiger partial charge in [-0.3, -0.25) is 23.5 Å². The zero-order valence-electron chi connectivity index (χ0n) is 17.0. The monoisotopic (exact) mass is 475 g/mol. The summed E-state index contributed by atoms with van der Waals surface area (Å²) in [6, 6.07) is 10.2. The van der Waals surface area contributed by atoms with Gasteiger partial charge >= 0.3 is 11.7 Å². The highest BCUT2D eigenvalue weighted by Crippen LogP contribution is 2.26. The predicted molar refractivity (Wildman–Crippen MR) is 121 cm³/mol. The van der Waals surface area contributed by atoms with Gasteiger partial charge in [0.25, 0.3) is 5.56 Å². The first kappa shape index (κ1) is 22.1. The molecule has 4 rings (SSSR count). The minimum atomic E-state index is -0.525. The summed E-state index contributed by atoms with van der Waals surface area (Å²) in [5.41, 5.74) is -0.0685. The molecule has 0 amide bonds. The maximum atomic E-state index is 13.3. The van der Waals surface area contributed by atoms with E-state index in [-0.39, 0.29) is 43.3 Å². The van der Waals surface area contributed by atoms with Crippen LogP contribution in [0.1, 0.15) is 12.1 Å². The summed E-state index contributed by atoms with van der Waals surface area (Å²) in [7, 11) is 1.53. The minimum Gasteiger partial charge on any atom is -0.425 e. The lowest BCUT2D eigenvalue weighted by molar-refractivity contribution is 0.277. The number of halogens is 2. The maximum Gasteiger partial charge on any atom is 0.332 e. The first-order valence-electron chi connectivity index (χ1n) is 9.74. The topological polar surface area (TPSA) is 104 Å². The number of nitrogens with zero attached hydrogens (tertiary/aromatic N) is 5. The predicted octanol–water partition coefficient (Wildman–Crippen LogP) is 2.82. The lowest BCUT2D eigenvalue weighted by Crippen LogP contribution is -2.39. The third-order valence-corrected chi connectivity index (χ3v) is 5.34. The van der Waals surface area contributed by atoms with Gasteiger partial charge in [0.05, 0.1) is 17.3 Å². The molecule has 0 fully saturated rings. The molecule has 9 nitrogen and oxygen atoms in total. The van der Waals surface area contributed by atoms with Crippen molar-refractivity contribution in [3.8, 4) is 11.8 Å². The Kier molecular flexibility index (Phi) is 6.31. The molecule has 0 saturated carbocycles. The van der Waals surface area contributed by atoms with E-state index in [0.29, 0.717) is 21.5 Å². The molecule has 32 heavy (non-hydrogen) atoms. The highest BCUT2D eigenvalue weighted by Gasteiger charge is 2.22. The van der Waals surface area contributed by atoms with Crippen LogP contribution < -0.4 is 16.0 Å². The largest absolute Gasteiger partial charge is 0.425 e. The van der Waals surface area contributed by atoms with Crippen molar-refractivity contribution in [2.45, 2.75) is 19.5 Å². The third-order valence-electron chi connectivity index (χ3n) is 4.87. The standard InChI is InChI=1S/C21H19Cl2N5O4/c1-26-18-17(19(30)27(21(26)31)9-2-10-29)28(12-15-6-3-14(23)11-24-15)20(25-18)32-16-7-4-13(22)5-8-16/h3-8,11,29H,2,9-10,12H2,1H3. The van der Waals surface area contributed by atoms with Crippen LogP contribution in [0.2, 0.25) is 10.0 Å². The zero-order valence-corrected chi connectivity index (χ0v) is 18.5. The molecule has 0 aliphatic heterocycles. The summed E-state index contributed by atoms with van der Waals surface area (Å²) in [5.74, 6) is 0.459. The van der Waals surface area contributed by atoms with Crippen LogP contribution in [0.15, 0.2) is 52.2 Å². The number of hydrogen-bond acceptors (Lipinski definition) is 6. The van der Waals surface area contributed by atoms with Crippen LogP contribution in [0.4, 0.5) is 0 Å². The van der Waals surface area contributed by atoms with E-state index >= 15 is 0 Å². The van der Waals surface area contributed by atoms with Gasteiger partial charge in [0.1, 0.15) is 5.75 Å². The summed E-state index contributed by atoms with van der Waals surface area (Å²) >= 11 is 11.9. The van der Waals surface area contributed by atoms with Crippen molar-refractivity contribution in [2.75, 3.05) is 6.61 Å². The summed E-state index contributed by atoms with van der Waals surface area (Å²) in [6.07, 6.45) is 1.77. The number of ether oxygens (including phenoxy) is 1. The van der Waals surface area contributed by atoms with E-state index in [9.17, 15) is 9.59 Å². The van der Waals surface area contributed by atoms with E-state index in [1.165, 1.54) is 17.8 Å². The normalized spacial score (nSPS) is 11.2. The number of fused-ring (bicyclic) bond motifs is 1. The fourth-order valence-electron chi connectivity index (χ4n) is 3.27. The summed E-state index contributed by atoms with van der Waals surface area (Å²) in [4.78, 5) is 34.7. The minimum absolute atomic E-state index is 0.0791. The van der Waals surface area contributed by atoms with Crippen molar-refractivity contribution in [1.82, 2.24) is 23.7 Å². The molecule has 0 unspecified atom stereocenters. The average molecular weight is 476 g/mol. The van der Waals surface area contributed by atoms with Crippen LogP contribution in [0.3, 0.4) is 0 Å². The molecule has 0 radical (unpaired) electrons. The van der Waals surface area contributed by atoms with Crippen molar-refractivity contribution >= 4 is 34.4 Å². The van der Waals surface area contributed by atoms with E-state index in [2.05, 4.69) is 9.97 Å². The molecule has 0 bridgehead atoms. The van der Waals surface area contributed by atoms with E-state index in [0.717, 1.165) is 4.57 Å². The van der Waals surface area contributed by atoms with Crippen molar-refractivity contribution in [1.29, 1.82) is 0 Å². The van der Waals surface area contributed by atoms with Crippen LogP contribution in [-0.2, 0) is 20.1 Å². The molecule has 11 heteroatoms. The lowest BCUT2D eigenvalue weighted by Gasteiger charge is -2.11. The average Bonchev–Trinajstić information content (AvgIpc) is 3.13. The molecule has 0 aliphatic carbocycles. The second-order valence-electron chi connectivity index (χ2n) is 7.05. The molecule has 0 aliphatic rings. The zero-order chi connectivity index (χ0) is 22.8. The molecule has 1 N–H and O–H groups in total. The fraction of sp³-hybridized carbons (Fsp3) is 0.238. The number of aliphatic hydroxyl groups excluding tert-OH is 1. The number of aliphatic hydroxyl groups is 1. The Hall–Kier alpha value is -3.14. The first-order valence-corrected chi connectivity index (χ1v) is 10.5. The van der Waals surface area contributed by atoms with Crippen molar-refractivity contribution in [3.63, 3.8) is 0 Å². The van der Waals surface area contributed by atoms with Gasteiger partial charge in [-0.1, -0.05) is 23.2 Å². The Labute approximate surface area is 192 Å². The Balaban J connectivity index is 1.92. The number of hydrogen-bond donors (Lipinski definition) is 1. The van der Waals surface area contributed by atoms with Gasteiger partial charge in [0.15, 0.2) is 11.2 Å². The van der Waals surface area contributed by atoms with E-state index in [4.69, 9.17) is 33.0 Å². The van der Waals surface area contributed by atoms with Crippen LogP contribution in [-0.4, -0.2) is 35.4 Å². The van der Waals surface area contributed by atoms with Crippen LogP contribution >= 0.6 is 23.2 Å². The molecule has 4 aromatic rings. The van der Waals surface area contributed by atoms with Crippen molar-refractivity contribution < 1.29 is 9.84 Å². The Morgan fingerprint density at radius 3 is 2.41 bits per heavy atom. The number of aromatic nitrogens is 5. The van der Waals surface area contributed by atoms with Crippen molar-refractivity contribution in [2.24, 2.45) is 7.05 Å². The smallest absolute Gasteiger partial charge is 0.332 e. The maximum absolute atomic E-state index is 13.3. The molecule has 166 valence electrons. The highest BCUT2D eigenvalue weighted by molar-refractivity contribution is 6.30. The van der Waals surface area contributed by atoms with Gasteiger partial charge in [-0.15, -0.1) is 0 Å². The molecule has 1 aromatic carbocycles. The highest BCUT2D eigenvalue weighted by atomic mass is 35.5. The van der Waals surface area contributed by atoms with E-state index < -0.39 is 11.2 Å². The third kappa shape index (κ3) is 4.27. The number of benzene rings is 1. The SMILES string of the molecule is Cn1c(=O)n(CCCO)c(=O)c2c1nc(Oc1ccc(Cl)cc1)n2Cc1ccc(Cl)cn1. The quantitative estimate of drug-likeness (QED) is 0.440. The molecule has 3 aromatic heterocycles. The molecule has 0 spiro atoms. The molecular weight excluding hydrogens is 457 g/mol. The fourth-order valence-corrected chi connectivity index (χ4v) is 3.51. The number of imidazole rings is 1. The Bertz CT molecular complexity index is 1380. The second-order valence-corrected chi connectivity index (χ2v) is 7.92. The lowest BCUT2D eigenvalue weighted by atomic mass is 10.3. The van der Waals surface area contributed by atoms with Crippen LogP contribution in [0.25, 0.3) is 11.2 Å². The van der Waals surface area contributed by atoms with E-state index in [1.807, 2.05) is 0 Å². The number of aryl methyl sites for hydroxylation is 1. The van der Waals surface area contributed by atoms with Crippen LogP contribution in [0.5, 0.6) is 11.8 Å². The van der Waals surface area contributed by atoms with Gasteiger partial charge in [-0.05, 0) is 42.8 Å². The van der Waals surface area contributed by atoms with Gasteiger partial charge in [-0.2, -0.15) is 4.98 Å². The number of pyridine rings is 1.